The van der Waals surface area contributed by atoms with Crippen molar-refractivity contribution in [1.82, 2.24) is 24.6 Å². The Kier molecular flexibility index (Phi) is 5.59. The molecule has 0 aliphatic carbocycles. The molecule has 1 aliphatic rings. The fourth-order valence-corrected chi connectivity index (χ4v) is 3.15. The number of carbonyl (C=O) groups excluding carboxylic acids is 1. The third-order valence-electron chi connectivity index (χ3n) is 4.43. The molecule has 0 bridgehead atoms. The summed E-state index contributed by atoms with van der Waals surface area (Å²) in [4.78, 5) is 21.1. The molecule has 6 heteroatoms. The lowest BCUT2D eigenvalue weighted by Gasteiger charge is -2.21. The number of benzene rings is 1. The first-order chi connectivity index (χ1) is 11.8. The number of hydrogen-bond donors (Lipinski definition) is 0. The predicted molar refractivity (Wildman–Crippen MR) is 92.8 cm³/mol. The smallest absolute Gasteiger partial charge is 0.253 e. The summed E-state index contributed by atoms with van der Waals surface area (Å²) >= 11 is 0. The molecule has 0 N–H and O–H groups in total. The highest BCUT2D eigenvalue weighted by molar-refractivity contribution is 5.94. The molecule has 1 aromatic heterocycles. The summed E-state index contributed by atoms with van der Waals surface area (Å²) in [5.74, 6) is 0.139. The van der Waals surface area contributed by atoms with Crippen molar-refractivity contribution in [2.45, 2.75) is 26.3 Å². The Morgan fingerprint density at radius 1 is 1.12 bits per heavy atom. The fraction of sp³-hybridized carbons (Fsp3) is 0.500. The van der Waals surface area contributed by atoms with Crippen LogP contribution in [-0.2, 0) is 6.54 Å². The third kappa shape index (κ3) is 4.20. The van der Waals surface area contributed by atoms with Crippen LogP contribution < -0.4 is 0 Å². The van der Waals surface area contributed by atoms with E-state index < -0.39 is 0 Å². The lowest BCUT2D eigenvalue weighted by Crippen LogP contribution is -2.35. The third-order valence-corrected chi connectivity index (χ3v) is 4.43. The first-order valence-corrected chi connectivity index (χ1v) is 8.69. The fourth-order valence-electron chi connectivity index (χ4n) is 3.15. The highest BCUT2D eigenvalue weighted by atomic mass is 16.2. The maximum atomic E-state index is 12.7. The SMILES string of the molecule is CCCN1CCCN(C(=O)c2ccc(Cn3cncn3)cc2)CC1. The van der Waals surface area contributed by atoms with Gasteiger partial charge >= 0.3 is 0 Å². The van der Waals surface area contributed by atoms with Crippen LogP contribution >= 0.6 is 0 Å². The summed E-state index contributed by atoms with van der Waals surface area (Å²) in [6.07, 6.45) is 5.44. The van der Waals surface area contributed by atoms with Crippen LogP contribution in [0.15, 0.2) is 36.9 Å². The molecule has 1 fully saturated rings. The minimum Gasteiger partial charge on any atom is -0.337 e. The number of carbonyl (C=O) groups is 1. The molecule has 6 nitrogen and oxygen atoms in total. The molecule has 24 heavy (non-hydrogen) atoms. The van der Waals surface area contributed by atoms with E-state index >= 15 is 0 Å². The van der Waals surface area contributed by atoms with Crippen LogP contribution in [0.5, 0.6) is 0 Å². The van der Waals surface area contributed by atoms with Gasteiger partial charge in [-0.1, -0.05) is 19.1 Å². The predicted octanol–water partition coefficient (Wildman–Crippen LogP) is 1.88. The molecule has 0 unspecified atom stereocenters. The highest BCUT2D eigenvalue weighted by Gasteiger charge is 2.19. The average Bonchev–Trinajstić information content (AvgIpc) is 3.00. The van der Waals surface area contributed by atoms with Crippen molar-refractivity contribution in [2.24, 2.45) is 0 Å². The van der Waals surface area contributed by atoms with Crippen LogP contribution in [0.4, 0.5) is 0 Å². The van der Waals surface area contributed by atoms with E-state index in [1.807, 2.05) is 29.2 Å². The van der Waals surface area contributed by atoms with E-state index in [-0.39, 0.29) is 5.91 Å². The van der Waals surface area contributed by atoms with Crippen LogP contribution in [0.2, 0.25) is 0 Å². The number of rotatable bonds is 5. The minimum atomic E-state index is 0.139. The van der Waals surface area contributed by atoms with Crippen molar-refractivity contribution < 1.29 is 4.79 Å². The topological polar surface area (TPSA) is 54.3 Å². The standard InChI is InChI=1S/C18H25N5O/c1-2-8-21-9-3-10-22(12-11-21)18(24)17-6-4-16(5-7-17)13-23-15-19-14-20-23/h4-7,14-15H,2-3,8-13H2,1H3. The Morgan fingerprint density at radius 2 is 1.96 bits per heavy atom. The molecule has 128 valence electrons. The van der Waals surface area contributed by atoms with Gasteiger partial charge in [0.15, 0.2) is 0 Å². The summed E-state index contributed by atoms with van der Waals surface area (Å²) in [6, 6.07) is 7.83. The van der Waals surface area contributed by atoms with E-state index in [0.717, 1.165) is 50.3 Å². The molecular weight excluding hydrogens is 302 g/mol. The van der Waals surface area contributed by atoms with Gasteiger partial charge in [-0.2, -0.15) is 5.10 Å². The van der Waals surface area contributed by atoms with E-state index in [4.69, 9.17) is 0 Å². The van der Waals surface area contributed by atoms with Gasteiger partial charge in [0.25, 0.3) is 5.91 Å². The minimum absolute atomic E-state index is 0.139. The van der Waals surface area contributed by atoms with Crippen molar-refractivity contribution >= 4 is 5.91 Å². The van der Waals surface area contributed by atoms with Crippen molar-refractivity contribution in [2.75, 3.05) is 32.7 Å². The van der Waals surface area contributed by atoms with Gasteiger partial charge in [0.2, 0.25) is 0 Å². The van der Waals surface area contributed by atoms with Crippen molar-refractivity contribution in [3.63, 3.8) is 0 Å². The first kappa shape index (κ1) is 16.6. The van der Waals surface area contributed by atoms with Gasteiger partial charge in [-0.25, -0.2) is 9.67 Å². The normalized spacial score (nSPS) is 16.1. The van der Waals surface area contributed by atoms with Crippen molar-refractivity contribution in [1.29, 1.82) is 0 Å². The van der Waals surface area contributed by atoms with Crippen LogP contribution in [-0.4, -0.2) is 63.2 Å². The van der Waals surface area contributed by atoms with Gasteiger partial charge in [0.05, 0.1) is 6.54 Å². The molecule has 3 rings (SSSR count). The van der Waals surface area contributed by atoms with Gasteiger partial charge in [-0.05, 0) is 43.6 Å². The summed E-state index contributed by atoms with van der Waals surface area (Å²) < 4.78 is 1.77. The molecule has 0 radical (unpaired) electrons. The summed E-state index contributed by atoms with van der Waals surface area (Å²) in [6.45, 7) is 7.73. The van der Waals surface area contributed by atoms with Crippen molar-refractivity contribution in [3.8, 4) is 0 Å². The highest BCUT2D eigenvalue weighted by Crippen LogP contribution is 2.11. The second-order valence-electron chi connectivity index (χ2n) is 6.28. The quantitative estimate of drug-likeness (QED) is 0.841. The molecule has 1 aromatic carbocycles. The molecule has 2 heterocycles. The number of amides is 1. The largest absolute Gasteiger partial charge is 0.337 e. The molecule has 1 amide bonds. The Morgan fingerprint density at radius 3 is 2.67 bits per heavy atom. The van der Waals surface area contributed by atoms with Crippen LogP contribution in [0.1, 0.15) is 35.7 Å². The Balaban J connectivity index is 1.60. The Bertz CT molecular complexity index is 638. The lowest BCUT2D eigenvalue weighted by molar-refractivity contribution is 0.0761. The van der Waals surface area contributed by atoms with Crippen LogP contribution in [0, 0.1) is 0 Å². The van der Waals surface area contributed by atoms with E-state index in [1.54, 1.807) is 11.0 Å². The molecule has 1 saturated heterocycles. The van der Waals surface area contributed by atoms with Gasteiger partial charge < -0.3 is 9.80 Å². The summed E-state index contributed by atoms with van der Waals surface area (Å²) in [5, 5.41) is 4.10. The summed E-state index contributed by atoms with van der Waals surface area (Å²) in [5.41, 5.74) is 1.88. The average molecular weight is 327 g/mol. The second-order valence-corrected chi connectivity index (χ2v) is 6.28. The summed E-state index contributed by atoms with van der Waals surface area (Å²) in [7, 11) is 0. The zero-order valence-corrected chi connectivity index (χ0v) is 14.3. The Labute approximate surface area is 143 Å². The number of hydrogen-bond acceptors (Lipinski definition) is 4. The zero-order chi connectivity index (χ0) is 16.8. The maximum Gasteiger partial charge on any atom is 0.253 e. The van der Waals surface area contributed by atoms with Gasteiger partial charge in [0, 0.05) is 25.2 Å². The molecule has 0 saturated carbocycles. The molecule has 2 aromatic rings. The van der Waals surface area contributed by atoms with E-state index in [1.165, 1.54) is 12.7 Å². The zero-order valence-electron chi connectivity index (χ0n) is 14.3. The van der Waals surface area contributed by atoms with Crippen molar-refractivity contribution in [3.05, 3.63) is 48.0 Å². The molecule has 0 atom stereocenters. The lowest BCUT2D eigenvalue weighted by atomic mass is 10.1. The van der Waals surface area contributed by atoms with Gasteiger partial charge in [-0.15, -0.1) is 0 Å². The van der Waals surface area contributed by atoms with Crippen LogP contribution in [0.25, 0.3) is 0 Å². The number of aromatic nitrogens is 3. The monoisotopic (exact) mass is 327 g/mol. The second kappa shape index (κ2) is 8.06. The molecule has 1 aliphatic heterocycles. The van der Waals surface area contributed by atoms with Gasteiger partial charge in [0.1, 0.15) is 12.7 Å². The van der Waals surface area contributed by atoms with Crippen LogP contribution in [0.3, 0.4) is 0 Å². The van der Waals surface area contributed by atoms with E-state index in [2.05, 4.69) is 21.9 Å². The van der Waals surface area contributed by atoms with E-state index in [9.17, 15) is 4.79 Å². The first-order valence-electron chi connectivity index (χ1n) is 8.69. The molecule has 0 spiro atoms. The Hall–Kier alpha value is -2.21. The molecular formula is C18H25N5O. The maximum absolute atomic E-state index is 12.7. The van der Waals surface area contributed by atoms with E-state index in [0.29, 0.717) is 6.54 Å². The van der Waals surface area contributed by atoms with Gasteiger partial charge in [-0.3, -0.25) is 4.79 Å². The number of nitrogens with zero attached hydrogens (tertiary/aromatic N) is 5.